The van der Waals surface area contributed by atoms with E-state index in [1.54, 1.807) is 19.9 Å². The van der Waals surface area contributed by atoms with Crippen molar-refractivity contribution >= 4 is 29.2 Å². The molecule has 5 heteroatoms. The molecule has 0 saturated heterocycles. The molecule has 0 saturated carbocycles. The third kappa shape index (κ3) is 5.15. The van der Waals surface area contributed by atoms with Crippen LogP contribution in [0.4, 0.5) is 0 Å². The molecular weight excluding hydrogens is 335 g/mol. The quantitative estimate of drug-likeness (QED) is 0.692. The molecule has 0 aromatic heterocycles. The van der Waals surface area contributed by atoms with Crippen LogP contribution in [0.1, 0.15) is 25.0 Å². The van der Waals surface area contributed by atoms with Crippen molar-refractivity contribution in [3.8, 4) is 5.75 Å². The Morgan fingerprint density at radius 3 is 2.43 bits per heavy atom. The highest BCUT2D eigenvalue weighted by Gasteiger charge is 2.15. The molecular formula is C18H18Cl2O3. The summed E-state index contributed by atoms with van der Waals surface area (Å²) in [5, 5.41) is 1.27. The minimum Gasteiger partial charge on any atom is -0.479 e. The molecule has 0 aliphatic heterocycles. The van der Waals surface area contributed by atoms with Crippen molar-refractivity contribution in [2.45, 2.75) is 26.4 Å². The van der Waals surface area contributed by atoms with Gasteiger partial charge in [0.05, 0.1) is 6.61 Å². The normalized spacial score (nSPS) is 11.8. The van der Waals surface area contributed by atoms with E-state index < -0.39 is 6.10 Å². The fourth-order valence-corrected chi connectivity index (χ4v) is 2.56. The van der Waals surface area contributed by atoms with Crippen LogP contribution in [-0.4, -0.2) is 18.7 Å². The topological polar surface area (TPSA) is 35.5 Å². The zero-order valence-corrected chi connectivity index (χ0v) is 14.5. The van der Waals surface area contributed by atoms with E-state index in [-0.39, 0.29) is 5.97 Å². The lowest BCUT2D eigenvalue weighted by Gasteiger charge is -2.13. The van der Waals surface area contributed by atoms with E-state index in [4.69, 9.17) is 32.7 Å². The molecule has 3 nitrogen and oxygen atoms in total. The predicted molar refractivity (Wildman–Crippen MR) is 92.4 cm³/mol. The molecule has 0 spiro atoms. The average Bonchev–Trinajstić information content (AvgIpc) is 2.52. The van der Waals surface area contributed by atoms with Crippen molar-refractivity contribution < 1.29 is 14.3 Å². The maximum atomic E-state index is 11.5. The standard InChI is InChI=1S/C18H18Cl2O3/c1-3-22-18(21)12(2)23-16-8-4-13(5-9-16)10-14-6-7-15(19)11-17(14)20/h4-9,11-12H,3,10H2,1-2H3/t12-/m1/s1. The number of rotatable bonds is 6. The summed E-state index contributed by atoms with van der Waals surface area (Å²) in [6, 6.07) is 13.0. The minimum absolute atomic E-state index is 0.341. The Hall–Kier alpha value is -1.71. The van der Waals surface area contributed by atoms with Crippen molar-refractivity contribution in [1.29, 1.82) is 0 Å². The van der Waals surface area contributed by atoms with Crippen LogP contribution in [-0.2, 0) is 16.0 Å². The fraction of sp³-hybridized carbons (Fsp3) is 0.278. The predicted octanol–water partition coefficient (Wildman–Crippen LogP) is 4.91. The number of ether oxygens (including phenoxy) is 2. The number of carbonyl (C=O) groups excluding carboxylic acids is 1. The molecule has 23 heavy (non-hydrogen) atoms. The van der Waals surface area contributed by atoms with Crippen molar-refractivity contribution in [2.24, 2.45) is 0 Å². The number of hydrogen-bond acceptors (Lipinski definition) is 3. The third-order valence-corrected chi connectivity index (χ3v) is 3.85. The van der Waals surface area contributed by atoms with E-state index in [0.717, 1.165) is 11.1 Å². The number of esters is 1. The zero-order chi connectivity index (χ0) is 16.8. The number of halogens is 2. The Balaban J connectivity index is 2.00. The lowest BCUT2D eigenvalue weighted by atomic mass is 10.0. The molecule has 0 aliphatic carbocycles. The summed E-state index contributed by atoms with van der Waals surface area (Å²) >= 11 is 12.1. The van der Waals surface area contributed by atoms with Crippen molar-refractivity contribution in [2.75, 3.05) is 6.61 Å². The second kappa shape index (κ2) is 8.23. The summed E-state index contributed by atoms with van der Waals surface area (Å²) in [6.07, 6.45) is 0.0653. The van der Waals surface area contributed by atoms with Crippen molar-refractivity contribution in [1.82, 2.24) is 0 Å². The van der Waals surface area contributed by atoms with Crippen LogP contribution in [0.15, 0.2) is 42.5 Å². The maximum absolute atomic E-state index is 11.5. The molecule has 0 N–H and O–H groups in total. The molecule has 0 fully saturated rings. The van der Waals surface area contributed by atoms with Gasteiger partial charge in [-0.2, -0.15) is 0 Å². The fourth-order valence-electron chi connectivity index (χ4n) is 2.08. The summed E-state index contributed by atoms with van der Waals surface area (Å²) in [6.45, 7) is 3.77. The van der Waals surface area contributed by atoms with Gasteiger partial charge >= 0.3 is 5.97 Å². The Labute approximate surface area is 146 Å². The van der Waals surface area contributed by atoms with Crippen LogP contribution >= 0.6 is 23.2 Å². The molecule has 0 bridgehead atoms. The Morgan fingerprint density at radius 1 is 1.13 bits per heavy atom. The summed E-state index contributed by atoms with van der Waals surface area (Å²) in [7, 11) is 0. The van der Waals surface area contributed by atoms with Gasteiger partial charge in [-0.1, -0.05) is 41.4 Å². The van der Waals surface area contributed by atoms with Crippen LogP contribution in [0.2, 0.25) is 10.0 Å². The lowest BCUT2D eigenvalue weighted by molar-refractivity contribution is -0.150. The van der Waals surface area contributed by atoms with E-state index in [2.05, 4.69) is 0 Å². The number of benzene rings is 2. The molecule has 0 amide bonds. The highest BCUT2D eigenvalue weighted by Crippen LogP contribution is 2.24. The molecule has 1 atom stereocenters. The summed E-state index contributed by atoms with van der Waals surface area (Å²) in [4.78, 5) is 11.5. The number of carbonyl (C=O) groups is 1. The van der Waals surface area contributed by atoms with Crippen LogP contribution in [0.3, 0.4) is 0 Å². The first-order valence-corrected chi connectivity index (χ1v) is 8.11. The van der Waals surface area contributed by atoms with E-state index in [1.165, 1.54) is 0 Å². The molecule has 2 aromatic rings. The monoisotopic (exact) mass is 352 g/mol. The summed E-state index contributed by atoms with van der Waals surface area (Å²) in [5.41, 5.74) is 2.09. The summed E-state index contributed by atoms with van der Waals surface area (Å²) < 4.78 is 10.5. The first kappa shape index (κ1) is 17.6. The largest absolute Gasteiger partial charge is 0.479 e. The Kier molecular flexibility index (Phi) is 6.31. The molecule has 0 heterocycles. The lowest BCUT2D eigenvalue weighted by Crippen LogP contribution is -2.26. The van der Waals surface area contributed by atoms with Gasteiger partial charge in [-0.25, -0.2) is 4.79 Å². The number of hydrogen-bond donors (Lipinski definition) is 0. The van der Waals surface area contributed by atoms with Gasteiger partial charge in [0.25, 0.3) is 0 Å². The first-order valence-electron chi connectivity index (χ1n) is 7.35. The smallest absolute Gasteiger partial charge is 0.347 e. The van der Waals surface area contributed by atoms with E-state index in [0.29, 0.717) is 28.8 Å². The van der Waals surface area contributed by atoms with Gasteiger partial charge in [0.1, 0.15) is 5.75 Å². The van der Waals surface area contributed by atoms with Gasteiger partial charge in [0, 0.05) is 10.0 Å². The van der Waals surface area contributed by atoms with Crippen molar-refractivity contribution in [3.63, 3.8) is 0 Å². The van der Waals surface area contributed by atoms with E-state index in [1.807, 2.05) is 36.4 Å². The van der Waals surface area contributed by atoms with Crippen LogP contribution in [0.5, 0.6) is 5.75 Å². The van der Waals surface area contributed by atoms with Gasteiger partial charge in [0.2, 0.25) is 0 Å². The second-order valence-electron chi connectivity index (χ2n) is 5.07. The van der Waals surface area contributed by atoms with Gasteiger partial charge in [-0.3, -0.25) is 0 Å². The van der Waals surface area contributed by atoms with Gasteiger partial charge in [0.15, 0.2) is 6.10 Å². The SMILES string of the molecule is CCOC(=O)[C@@H](C)Oc1ccc(Cc2ccc(Cl)cc2Cl)cc1. The van der Waals surface area contributed by atoms with Gasteiger partial charge in [-0.05, 0) is 55.7 Å². The molecule has 0 unspecified atom stereocenters. The third-order valence-electron chi connectivity index (χ3n) is 3.26. The zero-order valence-electron chi connectivity index (χ0n) is 13.0. The Bertz CT molecular complexity index is 668. The molecule has 0 aliphatic rings. The van der Waals surface area contributed by atoms with Crippen LogP contribution < -0.4 is 4.74 Å². The van der Waals surface area contributed by atoms with E-state index in [9.17, 15) is 4.79 Å². The van der Waals surface area contributed by atoms with E-state index >= 15 is 0 Å². The molecule has 2 rings (SSSR count). The Morgan fingerprint density at radius 2 is 1.83 bits per heavy atom. The minimum atomic E-state index is -0.633. The molecule has 122 valence electrons. The molecule has 0 radical (unpaired) electrons. The van der Waals surface area contributed by atoms with Gasteiger partial charge < -0.3 is 9.47 Å². The van der Waals surface area contributed by atoms with Crippen LogP contribution in [0, 0.1) is 0 Å². The van der Waals surface area contributed by atoms with Crippen LogP contribution in [0.25, 0.3) is 0 Å². The van der Waals surface area contributed by atoms with Crippen molar-refractivity contribution in [3.05, 3.63) is 63.6 Å². The van der Waals surface area contributed by atoms with Gasteiger partial charge in [-0.15, -0.1) is 0 Å². The average molecular weight is 353 g/mol. The second-order valence-corrected chi connectivity index (χ2v) is 5.91. The highest BCUT2D eigenvalue weighted by molar-refractivity contribution is 6.35. The summed E-state index contributed by atoms with van der Waals surface area (Å²) in [5.74, 6) is 0.251. The highest BCUT2D eigenvalue weighted by atomic mass is 35.5. The maximum Gasteiger partial charge on any atom is 0.347 e. The molecule has 2 aromatic carbocycles. The first-order chi connectivity index (χ1) is 11.0.